The molecule has 2 amide bonds. The van der Waals surface area contributed by atoms with E-state index in [2.05, 4.69) is 5.32 Å². The van der Waals surface area contributed by atoms with Crippen LogP contribution in [-0.2, 0) is 15.8 Å². The highest BCUT2D eigenvalue weighted by Crippen LogP contribution is 2.34. The molecule has 0 spiro atoms. The molecule has 0 aliphatic carbocycles. The first-order valence-corrected chi connectivity index (χ1v) is 7.67. The number of nitrogens with zero attached hydrogens (tertiary/aromatic N) is 2. The molecule has 0 aromatic heterocycles. The summed E-state index contributed by atoms with van der Waals surface area (Å²) < 4.78 is 38.9. The highest BCUT2D eigenvalue weighted by atomic mass is 19.4. The van der Waals surface area contributed by atoms with Gasteiger partial charge in [0, 0.05) is 33.1 Å². The Hall–Kier alpha value is -2.09. The lowest BCUT2D eigenvalue weighted by molar-refractivity contribution is -0.137. The summed E-state index contributed by atoms with van der Waals surface area (Å²) in [6.07, 6.45) is -4.53. The third-order valence-corrected chi connectivity index (χ3v) is 4.18. The zero-order valence-electron chi connectivity index (χ0n) is 13.6. The van der Waals surface area contributed by atoms with Crippen LogP contribution >= 0.6 is 0 Å². The first-order chi connectivity index (χ1) is 11.2. The molecule has 8 heteroatoms. The van der Waals surface area contributed by atoms with Crippen LogP contribution in [0.25, 0.3) is 0 Å². The molecule has 0 radical (unpaired) electrons. The van der Waals surface area contributed by atoms with Crippen molar-refractivity contribution in [2.75, 3.05) is 31.5 Å². The van der Waals surface area contributed by atoms with Crippen LogP contribution < -0.4 is 5.32 Å². The van der Waals surface area contributed by atoms with Crippen LogP contribution in [0.15, 0.2) is 24.3 Å². The number of piperazine rings is 1. The van der Waals surface area contributed by atoms with Crippen molar-refractivity contribution in [2.24, 2.45) is 0 Å². The van der Waals surface area contributed by atoms with Crippen LogP contribution in [0.5, 0.6) is 0 Å². The molecule has 1 aromatic carbocycles. The average molecular weight is 343 g/mol. The SMILES string of the molecule is CC(=O)N1CCN([C@@H](C)C(=O)Nc2ccccc2C(F)(F)F)CC1. The molecule has 0 bridgehead atoms. The Morgan fingerprint density at radius 2 is 1.71 bits per heavy atom. The van der Waals surface area contributed by atoms with Gasteiger partial charge in [-0.05, 0) is 19.1 Å². The van der Waals surface area contributed by atoms with Crippen LogP contribution in [0.1, 0.15) is 19.4 Å². The molecule has 1 fully saturated rings. The van der Waals surface area contributed by atoms with Crippen LogP contribution in [0, 0.1) is 0 Å². The largest absolute Gasteiger partial charge is 0.418 e. The number of hydrogen-bond acceptors (Lipinski definition) is 3. The molecule has 1 aliphatic rings. The van der Waals surface area contributed by atoms with Gasteiger partial charge in [-0.2, -0.15) is 13.2 Å². The number of alkyl halides is 3. The maximum absolute atomic E-state index is 13.0. The number of carbonyl (C=O) groups excluding carboxylic acids is 2. The van der Waals surface area contributed by atoms with Gasteiger partial charge < -0.3 is 10.2 Å². The molecule has 24 heavy (non-hydrogen) atoms. The normalized spacial score (nSPS) is 17.5. The Balaban J connectivity index is 2.02. The monoisotopic (exact) mass is 343 g/mol. The van der Waals surface area contributed by atoms with E-state index in [0.29, 0.717) is 26.2 Å². The smallest absolute Gasteiger partial charge is 0.340 e. The fourth-order valence-corrected chi connectivity index (χ4v) is 2.67. The van der Waals surface area contributed by atoms with Gasteiger partial charge in [0.1, 0.15) is 0 Å². The van der Waals surface area contributed by atoms with E-state index in [-0.39, 0.29) is 11.6 Å². The van der Waals surface area contributed by atoms with E-state index in [1.54, 1.807) is 11.8 Å². The topological polar surface area (TPSA) is 52.7 Å². The highest BCUT2D eigenvalue weighted by Gasteiger charge is 2.34. The predicted molar refractivity (Wildman–Crippen MR) is 83.4 cm³/mol. The number of para-hydroxylation sites is 1. The molecule has 1 aromatic rings. The van der Waals surface area contributed by atoms with Gasteiger partial charge in [-0.1, -0.05) is 12.1 Å². The van der Waals surface area contributed by atoms with Crippen molar-refractivity contribution in [3.63, 3.8) is 0 Å². The maximum atomic E-state index is 13.0. The van der Waals surface area contributed by atoms with Gasteiger partial charge >= 0.3 is 6.18 Å². The minimum atomic E-state index is -4.53. The molecule has 1 saturated heterocycles. The molecule has 2 rings (SSSR count). The number of carbonyl (C=O) groups is 2. The minimum absolute atomic E-state index is 0.0224. The number of benzene rings is 1. The van der Waals surface area contributed by atoms with Crippen molar-refractivity contribution in [3.8, 4) is 0 Å². The highest BCUT2D eigenvalue weighted by molar-refractivity contribution is 5.95. The zero-order valence-corrected chi connectivity index (χ0v) is 13.6. The lowest BCUT2D eigenvalue weighted by Gasteiger charge is -2.37. The van der Waals surface area contributed by atoms with Gasteiger partial charge in [0.05, 0.1) is 17.3 Å². The summed E-state index contributed by atoms with van der Waals surface area (Å²) in [7, 11) is 0. The number of hydrogen-bond donors (Lipinski definition) is 1. The summed E-state index contributed by atoms with van der Waals surface area (Å²) in [5.41, 5.74) is -1.11. The van der Waals surface area contributed by atoms with Crippen LogP contribution in [0.2, 0.25) is 0 Å². The second kappa shape index (κ2) is 7.21. The van der Waals surface area contributed by atoms with E-state index in [1.165, 1.54) is 25.1 Å². The minimum Gasteiger partial charge on any atom is -0.340 e. The molecule has 132 valence electrons. The summed E-state index contributed by atoms with van der Waals surface area (Å²) >= 11 is 0. The van der Waals surface area contributed by atoms with Crippen LogP contribution in [-0.4, -0.2) is 53.8 Å². The lowest BCUT2D eigenvalue weighted by atomic mass is 10.1. The van der Waals surface area contributed by atoms with Gasteiger partial charge in [-0.15, -0.1) is 0 Å². The van der Waals surface area contributed by atoms with Crippen molar-refractivity contribution >= 4 is 17.5 Å². The molecule has 0 unspecified atom stereocenters. The number of rotatable bonds is 3. The van der Waals surface area contributed by atoms with E-state index in [1.807, 2.05) is 4.90 Å². The van der Waals surface area contributed by atoms with E-state index >= 15 is 0 Å². The molecular weight excluding hydrogens is 323 g/mol. The van der Waals surface area contributed by atoms with Crippen LogP contribution in [0.4, 0.5) is 18.9 Å². The summed E-state index contributed by atoms with van der Waals surface area (Å²) in [5, 5.41) is 2.37. The van der Waals surface area contributed by atoms with Gasteiger partial charge in [0.25, 0.3) is 0 Å². The van der Waals surface area contributed by atoms with Gasteiger partial charge in [0.15, 0.2) is 0 Å². The van der Waals surface area contributed by atoms with E-state index in [4.69, 9.17) is 0 Å². The third-order valence-electron chi connectivity index (χ3n) is 4.18. The second-order valence-electron chi connectivity index (χ2n) is 5.75. The number of nitrogens with one attached hydrogen (secondary N) is 1. The van der Waals surface area contributed by atoms with E-state index in [0.717, 1.165) is 6.07 Å². The first kappa shape index (κ1) is 18.3. The zero-order chi connectivity index (χ0) is 17.9. The standard InChI is InChI=1S/C16H20F3N3O2/c1-11(21-7-9-22(10-8-21)12(2)23)15(24)20-14-6-4-3-5-13(14)16(17,18)19/h3-6,11H,7-10H2,1-2H3,(H,20,24)/t11-/m0/s1. The Morgan fingerprint density at radius 1 is 1.12 bits per heavy atom. The van der Waals surface area contributed by atoms with E-state index < -0.39 is 23.7 Å². The number of amides is 2. The summed E-state index contributed by atoms with van der Waals surface area (Å²) in [6.45, 7) is 5.16. The van der Waals surface area contributed by atoms with E-state index in [9.17, 15) is 22.8 Å². The third kappa shape index (κ3) is 4.25. The Labute approximate surface area is 138 Å². The summed E-state index contributed by atoms with van der Waals surface area (Å²) in [4.78, 5) is 27.1. The Bertz CT molecular complexity index is 611. The van der Waals surface area contributed by atoms with Crippen LogP contribution in [0.3, 0.4) is 0 Å². The second-order valence-corrected chi connectivity index (χ2v) is 5.75. The van der Waals surface area contributed by atoms with Crippen molar-refractivity contribution in [1.82, 2.24) is 9.80 Å². The molecule has 5 nitrogen and oxygen atoms in total. The average Bonchev–Trinajstić information content (AvgIpc) is 2.53. The molecule has 1 heterocycles. The molecule has 0 saturated carbocycles. The summed E-state index contributed by atoms with van der Waals surface area (Å²) in [6, 6.07) is 4.32. The van der Waals surface area contributed by atoms with Gasteiger partial charge in [-0.25, -0.2) is 0 Å². The molecule has 1 N–H and O–H groups in total. The van der Waals surface area contributed by atoms with Gasteiger partial charge in [0.2, 0.25) is 11.8 Å². The fourth-order valence-electron chi connectivity index (χ4n) is 2.67. The summed E-state index contributed by atoms with van der Waals surface area (Å²) in [5.74, 6) is -0.520. The molecular formula is C16H20F3N3O2. The van der Waals surface area contributed by atoms with Crippen molar-refractivity contribution < 1.29 is 22.8 Å². The predicted octanol–water partition coefficient (Wildman–Crippen LogP) is 2.20. The quantitative estimate of drug-likeness (QED) is 0.915. The Morgan fingerprint density at radius 3 is 2.25 bits per heavy atom. The number of anilines is 1. The van der Waals surface area contributed by atoms with Gasteiger partial charge in [-0.3, -0.25) is 14.5 Å². The molecule has 1 aliphatic heterocycles. The fraction of sp³-hybridized carbons (Fsp3) is 0.500. The maximum Gasteiger partial charge on any atom is 0.418 e. The van der Waals surface area contributed by atoms with Crippen molar-refractivity contribution in [2.45, 2.75) is 26.1 Å². The Kier molecular flexibility index (Phi) is 5.48. The number of halogens is 3. The lowest BCUT2D eigenvalue weighted by Crippen LogP contribution is -2.53. The molecule has 1 atom stereocenters. The van der Waals surface area contributed by atoms with Crippen molar-refractivity contribution in [3.05, 3.63) is 29.8 Å². The first-order valence-electron chi connectivity index (χ1n) is 7.67. The van der Waals surface area contributed by atoms with Crippen molar-refractivity contribution in [1.29, 1.82) is 0 Å².